The second-order valence-corrected chi connectivity index (χ2v) is 4.11. The summed E-state index contributed by atoms with van der Waals surface area (Å²) in [6.07, 6.45) is 1.70. The molecule has 0 saturated heterocycles. The Morgan fingerprint density at radius 1 is 1.50 bits per heavy atom. The van der Waals surface area contributed by atoms with Gasteiger partial charge in [-0.15, -0.1) is 0 Å². The van der Waals surface area contributed by atoms with Gasteiger partial charge in [0.15, 0.2) is 5.89 Å². The Labute approximate surface area is 73.0 Å². The van der Waals surface area contributed by atoms with Crippen LogP contribution in [-0.2, 0) is 5.41 Å². The third kappa shape index (κ3) is 1.85. The molecular weight excluding hydrogens is 152 g/mol. The van der Waals surface area contributed by atoms with E-state index < -0.39 is 0 Å². The minimum absolute atomic E-state index is 0.0346. The van der Waals surface area contributed by atoms with Crippen molar-refractivity contribution in [1.29, 1.82) is 0 Å². The van der Waals surface area contributed by atoms with E-state index in [0.717, 1.165) is 11.7 Å². The van der Waals surface area contributed by atoms with Crippen LogP contribution in [0.5, 0.6) is 0 Å². The van der Waals surface area contributed by atoms with Crippen LogP contribution >= 0.6 is 0 Å². The van der Waals surface area contributed by atoms with Crippen LogP contribution in [0, 0.1) is 0 Å². The summed E-state index contributed by atoms with van der Waals surface area (Å²) in [5.41, 5.74) is 5.60. The molecule has 1 heterocycles. The van der Waals surface area contributed by atoms with Gasteiger partial charge >= 0.3 is 0 Å². The Bertz CT molecular complexity index is 258. The quantitative estimate of drug-likeness (QED) is 0.697. The second-order valence-electron chi connectivity index (χ2n) is 4.11. The molecule has 0 aliphatic rings. The van der Waals surface area contributed by atoms with Crippen molar-refractivity contribution in [2.24, 2.45) is 5.73 Å². The lowest BCUT2D eigenvalue weighted by molar-refractivity contribution is 0.362. The summed E-state index contributed by atoms with van der Waals surface area (Å²) in [5.74, 6) is 1.50. The summed E-state index contributed by atoms with van der Waals surface area (Å²) in [6.45, 7) is 8.06. The fraction of sp³-hybridized carbons (Fsp3) is 0.667. The zero-order valence-corrected chi connectivity index (χ0v) is 8.09. The third-order valence-electron chi connectivity index (χ3n) is 1.61. The van der Waals surface area contributed by atoms with Crippen LogP contribution < -0.4 is 5.73 Å². The highest BCUT2D eigenvalue weighted by atomic mass is 16.4. The fourth-order valence-electron chi connectivity index (χ4n) is 0.844. The average molecular weight is 168 g/mol. The highest BCUT2D eigenvalue weighted by molar-refractivity contribution is 5.04. The van der Waals surface area contributed by atoms with Crippen molar-refractivity contribution in [3.63, 3.8) is 0 Å². The number of nitrogens with zero attached hydrogens (tertiary/aromatic N) is 1. The van der Waals surface area contributed by atoms with E-state index in [9.17, 15) is 0 Å². The highest BCUT2D eigenvalue weighted by Crippen LogP contribution is 2.23. The van der Waals surface area contributed by atoms with Gasteiger partial charge in [0.1, 0.15) is 5.76 Å². The van der Waals surface area contributed by atoms with E-state index >= 15 is 0 Å². The molecule has 3 heteroatoms. The Kier molecular flexibility index (Phi) is 2.24. The van der Waals surface area contributed by atoms with Gasteiger partial charge in [-0.3, -0.25) is 0 Å². The van der Waals surface area contributed by atoms with Gasteiger partial charge in [-0.25, -0.2) is 4.98 Å². The normalized spacial score (nSPS) is 14.8. The number of rotatable bonds is 1. The van der Waals surface area contributed by atoms with Gasteiger partial charge in [0.25, 0.3) is 0 Å². The molecule has 0 bridgehead atoms. The fourth-order valence-corrected chi connectivity index (χ4v) is 0.844. The molecule has 12 heavy (non-hydrogen) atoms. The van der Waals surface area contributed by atoms with Crippen molar-refractivity contribution < 1.29 is 4.42 Å². The molecule has 1 rings (SSSR count). The van der Waals surface area contributed by atoms with Gasteiger partial charge < -0.3 is 10.2 Å². The zero-order chi connectivity index (χ0) is 9.35. The van der Waals surface area contributed by atoms with Crippen molar-refractivity contribution in [2.75, 3.05) is 0 Å². The summed E-state index contributed by atoms with van der Waals surface area (Å²) in [7, 11) is 0. The molecule has 1 atom stereocenters. The number of aromatic nitrogens is 1. The smallest absolute Gasteiger partial charge is 0.199 e. The first kappa shape index (κ1) is 9.26. The van der Waals surface area contributed by atoms with Crippen LogP contribution in [0.25, 0.3) is 0 Å². The zero-order valence-electron chi connectivity index (χ0n) is 8.09. The summed E-state index contributed by atoms with van der Waals surface area (Å²) in [5, 5.41) is 0. The Hall–Kier alpha value is -0.830. The lowest BCUT2D eigenvalue weighted by Crippen LogP contribution is -2.11. The van der Waals surface area contributed by atoms with Gasteiger partial charge in [0, 0.05) is 5.41 Å². The van der Waals surface area contributed by atoms with Crippen molar-refractivity contribution in [2.45, 2.75) is 39.2 Å². The first-order valence-corrected chi connectivity index (χ1v) is 4.13. The molecule has 0 saturated carbocycles. The third-order valence-corrected chi connectivity index (χ3v) is 1.61. The van der Waals surface area contributed by atoms with E-state index in [4.69, 9.17) is 10.2 Å². The van der Waals surface area contributed by atoms with E-state index in [1.807, 2.05) is 6.92 Å². The van der Waals surface area contributed by atoms with Crippen molar-refractivity contribution in [3.8, 4) is 0 Å². The van der Waals surface area contributed by atoms with E-state index in [-0.39, 0.29) is 11.5 Å². The average Bonchev–Trinajstić information content (AvgIpc) is 2.30. The minimum atomic E-state index is -0.0754. The van der Waals surface area contributed by atoms with E-state index in [1.165, 1.54) is 0 Å². The van der Waals surface area contributed by atoms with Crippen LogP contribution in [0.3, 0.4) is 0 Å². The van der Waals surface area contributed by atoms with Crippen LogP contribution in [0.4, 0.5) is 0 Å². The number of hydrogen-bond donors (Lipinski definition) is 1. The molecule has 0 radical (unpaired) electrons. The molecule has 1 aromatic rings. The van der Waals surface area contributed by atoms with Crippen molar-refractivity contribution >= 4 is 0 Å². The molecule has 1 aromatic heterocycles. The molecule has 0 amide bonds. The van der Waals surface area contributed by atoms with Gasteiger partial charge in [-0.1, -0.05) is 20.8 Å². The standard InChI is InChI=1S/C9H16N2O/c1-6(10)7-5-11-8(12-7)9(2,3)4/h5-6H,10H2,1-4H3. The lowest BCUT2D eigenvalue weighted by atomic mass is 9.97. The van der Waals surface area contributed by atoms with Gasteiger partial charge in [0.05, 0.1) is 12.2 Å². The number of hydrogen-bond acceptors (Lipinski definition) is 3. The molecule has 0 aliphatic heterocycles. The molecular formula is C9H16N2O. The number of nitrogens with two attached hydrogens (primary N) is 1. The molecule has 0 aromatic carbocycles. The molecule has 0 fully saturated rings. The number of oxazole rings is 1. The van der Waals surface area contributed by atoms with Gasteiger partial charge in [-0.05, 0) is 6.92 Å². The van der Waals surface area contributed by atoms with Crippen LogP contribution in [0.15, 0.2) is 10.6 Å². The first-order chi connectivity index (χ1) is 5.41. The first-order valence-electron chi connectivity index (χ1n) is 4.13. The van der Waals surface area contributed by atoms with Crippen molar-refractivity contribution in [3.05, 3.63) is 17.8 Å². The van der Waals surface area contributed by atoms with Crippen LogP contribution in [0.1, 0.15) is 45.4 Å². The van der Waals surface area contributed by atoms with Crippen LogP contribution in [-0.4, -0.2) is 4.98 Å². The maximum Gasteiger partial charge on any atom is 0.199 e. The van der Waals surface area contributed by atoms with Gasteiger partial charge in [0.2, 0.25) is 0 Å². The second kappa shape index (κ2) is 2.90. The Morgan fingerprint density at radius 3 is 2.33 bits per heavy atom. The summed E-state index contributed by atoms with van der Waals surface area (Å²) in [4.78, 5) is 4.16. The molecule has 1 unspecified atom stereocenters. The minimum Gasteiger partial charge on any atom is -0.444 e. The molecule has 3 nitrogen and oxygen atoms in total. The highest BCUT2D eigenvalue weighted by Gasteiger charge is 2.20. The maximum absolute atomic E-state index is 5.64. The van der Waals surface area contributed by atoms with E-state index in [0.29, 0.717) is 0 Å². The largest absolute Gasteiger partial charge is 0.444 e. The molecule has 68 valence electrons. The SMILES string of the molecule is CC(N)c1cnc(C(C)(C)C)o1. The monoisotopic (exact) mass is 168 g/mol. The Balaban J connectivity index is 2.92. The molecule has 2 N–H and O–H groups in total. The topological polar surface area (TPSA) is 52.0 Å². The summed E-state index contributed by atoms with van der Waals surface area (Å²) in [6, 6.07) is -0.0754. The van der Waals surface area contributed by atoms with Crippen LogP contribution in [0.2, 0.25) is 0 Å². The summed E-state index contributed by atoms with van der Waals surface area (Å²) < 4.78 is 5.47. The summed E-state index contributed by atoms with van der Waals surface area (Å²) >= 11 is 0. The molecule has 0 aliphatic carbocycles. The molecule has 0 spiro atoms. The van der Waals surface area contributed by atoms with Gasteiger partial charge in [-0.2, -0.15) is 0 Å². The van der Waals surface area contributed by atoms with E-state index in [1.54, 1.807) is 6.20 Å². The lowest BCUT2D eigenvalue weighted by Gasteiger charge is -2.12. The maximum atomic E-state index is 5.64. The predicted octanol–water partition coefficient (Wildman–Crippen LogP) is 1.99. The van der Waals surface area contributed by atoms with E-state index in [2.05, 4.69) is 25.8 Å². The van der Waals surface area contributed by atoms with Crippen molar-refractivity contribution in [1.82, 2.24) is 4.98 Å². The predicted molar refractivity (Wildman–Crippen MR) is 47.8 cm³/mol. The Morgan fingerprint density at radius 2 is 2.08 bits per heavy atom.